The van der Waals surface area contributed by atoms with E-state index in [9.17, 15) is 34.8 Å². The lowest BCUT2D eigenvalue weighted by molar-refractivity contribution is -0.153. The van der Waals surface area contributed by atoms with Gasteiger partial charge in [0.1, 0.15) is 22.8 Å². The molecule has 0 bridgehead atoms. The fourth-order valence-corrected chi connectivity index (χ4v) is 5.77. The van der Waals surface area contributed by atoms with E-state index < -0.39 is 58.0 Å². The third-order valence-corrected chi connectivity index (χ3v) is 7.42. The van der Waals surface area contributed by atoms with E-state index in [1.165, 1.54) is 11.0 Å². The second kappa shape index (κ2) is 9.40. The molecule has 0 saturated heterocycles. The number of primary amides is 1. The van der Waals surface area contributed by atoms with E-state index in [2.05, 4.69) is 17.9 Å². The summed E-state index contributed by atoms with van der Waals surface area (Å²) in [6.07, 6.45) is 1.63. The molecule has 0 heterocycles. The molecular weight excluding hydrogens is 478 g/mol. The number of hydrogen-bond donors (Lipinski definition) is 5. The maximum Gasteiger partial charge on any atom is 0.255 e. The smallest absolute Gasteiger partial charge is 0.255 e. The molecule has 10 heteroatoms. The summed E-state index contributed by atoms with van der Waals surface area (Å²) in [5, 5.41) is 52.9. The van der Waals surface area contributed by atoms with Crippen molar-refractivity contribution in [1.29, 1.82) is 5.26 Å². The van der Waals surface area contributed by atoms with E-state index in [-0.39, 0.29) is 29.7 Å². The molecule has 3 aliphatic rings. The zero-order chi connectivity index (χ0) is 27.2. The molecule has 1 aromatic carbocycles. The SMILES string of the molecule is CN(C)[C@H]1C(=O)C(C(N)=O)=C(O)[C@]2(O)C(=O)C3=C(O)c4c(O)ccc(C#CCCCC#N)c4C[C@@H]3C[C@H]12. The highest BCUT2D eigenvalue weighted by atomic mass is 16.3. The molecule has 0 radical (unpaired) electrons. The zero-order valence-corrected chi connectivity index (χ0v) is 20.4. The van der Waals surface area contributed by atoms with E-state index >= 15 is 0 Å². The average Bonchev–Trinajstić information content (AvgIpc) is 2.82. The third-order valence-electron chi connectivity index (χ3n) is 7.42. The van der Waals surface area contributed by atoms with Gasteiger partial charge in [-0.1, -0.05) is 11.8 Å². The molecular formula is C27H27N3O7. The number of unbranched alkanes of at least 4 members (excludes halogenated alkanes) is 2. The summed E-state index contributed by atoms with van der Waals surface area (Å²) in [7, 11) is 3.09. The normalized spacial score (nSPS) is 26.6. The van der Waals surface area contributed by atoms with Crippen LogP contribution in [-0.4, -0.2) is 68.5 Å². The number of hydrogen-bond acceptors (Lipinski definition) is 9. The largest absolute Gasteiger partial charge is 0.508 e. The number of amides is 1. The maximum atomic E-state index is 13.8. The molecule has 37 heavy (non-hydrogen) atoms. The molecule has 0 unspecified atom stereocenters. The van der Waals surface area contributed by atoms with Crippen molar-refractivity contribution >= 4 is 23.2 Å². The van der Waals surface area contributed by atoms with Gasteiger partial charge in [0, 0.05) is 29.9 Å². The molecule has 1 saturated carbocycles. The molecule has 6 N–H and O–H groups in total. The lowest BCUT2D eigenvalue weighted by Gasteiger charge is -2.50. The van der Waals surface area contributed by atoms with Crippen molar-refractivity contribution in [2.45, 2.75) is 43.7 Å². The van der Waals surface area contributed by atoms with Crippen LogP contribution < -0.4 is 5.73 Å². The number of rotatable bonds is 4. The quantitative estimate of drug-likeness (QED) is 0.226. The first-order valence-electron chi connectivity index (χ1n) is 11.8. The molecule has 192 valence electrons. The Balaban J connectivity index is 1.88. The fraction of sp³-hybridized carbons (Fsp3) is 0.407. The summed E-state index contributed by atoms with van der Waals surface area (Å²) in [5.41, 5.74) is 2.64. The van der Waals surface area contributed by atoms with Gasteiger partial charge in [-0.25, -0.2) is 0 Å². The number of ketones is 2. The van der Waals surface area contributed by atoms with Crippen LogP contribution in [-0.2, 0) is 20.8 Å². The van der Waals surface area contributed by atoms with Crippen LogP contribution in [0.15, 0.2) is 29.0 Å². The predicted molar refractivity (Wildman–Crippen MR) is 131 cm³/mol. The number of nitrogens with two attached hydrogens (primary N) is 1. The number of fused-ring (bicyclic) bond motifs is 3. The Kier molecular flexibility index (Phi) is 6.59. The van der Waals surface area contributed by atoms with Gasteiger partial charge in [-0.2, -0.15) is 5.26 Å². The van der Waals surface area contributed by atoms with Crippen LogP contribution in [0.25, 0.3) is 5.76 Å². The van der Waals surface area contributed by atoms with E-state index in [0.29, 0.717) is 30.4 Å². The highest BCUT2D eigenvalue weighted by molar-refractivity contribution is 6.24. The molecule has 0 spiro atoms. The Bertz CT molecular complexity index is 1390. The van der Waals surface area contributed by atoms with Crippen LogP contribution in [0.2, 0.25) is 0 Å². The standard InChI is InChI=1S/C27H27N3O7/c1-30(2)21-16-12-14-11-15-13(7-5-3-4-6-10-28)8-9-17(31)19(15)22(32)18(14)24(34)27(16,37)25(35)20(23(21)33)26(29)36/h8-9,14,16,21,31-32,35,37H,3-4,6,11-12H2,1-2H3,(H2,29,36)/t14-,16-,21-,27-/m1/s1. The predicted octanol–water partition coefficient (Wildman–Crippen LogP) is 1.01. The average molecular weight is 506 g/mol. The number of nitriles is 1. The first-order valence-corrected chi connectivity index (χ1v) is 11.8. The Labute approximate surface area is 213 Å². The molecule has 4 rings (SSSR count). The van der Waals surface area contributed by atoms with Gasteiger partial charge in [0.15, 0.2) is 11.4 Å². The first-order chi connectivity index (χ1) is 17.5. The third kappa shape index (κ3) is 3.86. The summed E-state index contributed by atoms with van der Waals surface area (Å²) in [6.45, 7) is 0. The van der Waals surface area contributed by atoms with Crippen molar-refractivity contribution in [2.24, 2.45) is 17.6 Å². The van der Waals surface area contributed by atoms with Crippen molar-refractivity contribution < 1.29 is 34.8 Å². The fourth-order valence-electron chi connectivity index (χ4n) is 5.77. The summed E-state index contributed by atoms with van der Waals surface area (Å²) in [5.74, 6) is -0.909. The summed E-state index contributed by atoms with van der Waals surface area (Å²) in [6, 6.07) is 3.85. The lowest BCUT2D eigenvalue weighted by atomic mass is 9.57. The highest BCUT2D eigenvalue weighted by Crippen LogP contribution is 2.52. The Morgan fingerprint density at radius 3 is 2.54 bits per heavy atom. The number of Topliss-reactive ketones (excluding diaryl/α,β-unsaturated/α-hetero) is 2. The number of likely N-dealkylation sites (N-methyl/N-ethyl adjacent to an activating group) is 1. The van der Waals surface area contributed by atoms with Gasteiger partial charge >= 0.3 is 0 Å². The molecule has 0 aromatic heterocycles. The monoisotopic (exact) mass is 505 g/mol. The van der Waals surface area contributed by atoms with Crippen molar-refractivity contribution in [1.82, 2.24) is 4.90 Å². The summed E-state index contributed by atoms with van der Waals surface area (Å²) < 4.78 is 0. The van der Waals surface area contributed by atoms with Gasteiger partial charge in [-0.3, -0.25) is 19.3 Å². The molecule has 0 aliphatic heterocycles. The van der Waals surface area contributed by atoms with E-state index in [4.69, 9.17) is 11.0 Å². The van der Waals surface area contributed by atoms with Crippen LogP contribution in [0.3, 0.4) is 0 Å². The van der Waals surface area contributed by atoms with Gasteiger partial charge in [0.05, 0.1) is 17.7 Å². The minimum absolute atomic E-state index is 0.000106. The Morgan fingerprint density at radius 1 is 1.22 bits per heavy atom. The van der Waals surface area contributed by atoms with Crippen molar-refractivity contribution in [3.05, 3.63) is 45.7 Å². The van der Waals surface area contributed by atoms with Crippen molar-refractivity contribution in [3.8, 4) is 23.7 Å². The van der Waals surface area contributed by atoms with Gasteiger partial charge in [0.25, 0.3) is 5.91 Å². The number of nitrogens with zero attached hydrogens (tertiary/aromatic N) is 2. The summed E-state index contributed by atoms with van der Waals surface area (Å²) in [4.78, 5) is 40.4. The van der Waals surface area contributed by atoms with E-state index in [0.717, 1.165) is 0 Å². The lowest BCUT2D eigenvalue weighted by Crippen LogP contribution is -2.65. The second-order valence-electron chi connectivity index (χ2n) is 9.76. The number of aliphatic hydroxyl groups is 3. The second-order valence-corrected chi connectivity index (χ2v) is 9.76. The first kappa shape index (κ1) is 26.0. The van der Waals surface area contributed by atoms with Crippen LogP contribution in [0.5, 0.6) is 5.75 Å². The van der Waals surface area contributed by atoms with Crippen LogP contribution in [0, 0.1) is 35.0 Å². The van der Waals surface area contributed by atoms with E-state index in [1.807, 2.05) is 0 Å². The molecule has 10 nitrogen and oxygen atoms in total. The topological polar surface area (TPSA) is 185 Å². The molecule has 1 fully saturated rings. The minimum Gasteiger partial charge on any atom is -0.508 e. The number of carbonyl (C=O) groups is 3. The van der Waals surface area contributed by atoms with Crippen LogP contribution in [0.4, 0.5) is 0 Å². The number of benzene rings is 1. The number of phenolic OH excluding ortho intramolecular Hbond substituents is 1. The Hall–Kier alpha value is -4.12. The zero-order valence-electron chi connectivity index (χ0n) is 20.4. The van der Waals surface area contributed by atoms with E-state index in [1.54, 1.807) is 20.2 Å². The van der Waals surface area contributed by atoms with Crippen molar-refractivity contribution in [2.75, 3.05) is 14.1 Å². The Morgan fingerprint density at radius 2 is 1.92 bits per heavy atom. The molecule has 1 amide bonds. The van der Waals surface area contributed by atoms with Gasteiger partial charge in [-0.05, 0) is 57.0 Å². The molecule has 4 atom stereocenters. The number of aliphatic hydroxyl groups excluding tert-OH is 2. The van der Waals surface area contributed by atoms with Gasteiger partial charge < -0.3 is 26.2 Å². The van der Waals surface area contributed by atoms with Crippen molar-refractivity contribution in [3.63, 3.8) is 0 Å². The maximum absolute atomic E-state index is 13.8. The van der Waals surface area contributed by atoms with Crippen LogP contribution in [0.1, 0.15) is 42.4 Å². The van der Waals surface area contributed by atoms with Gasteiger partial charge in [-0.15, -0.1) is 0 Å². The molecule has 1 aromatic rings. The highest BCUT2D eigenvalue weighted by Gasteiger charge is 2.64. The number of aromatic hydroxyl groups is 1. The summed E-state index contributed by atoms with van der Waals surface area (Å²) >= 11 is 0. The minimum atomic E-state index is -2.67. The van der Waals surface area contributed by atoms with Crippen LogP contribution >= 0.6 is 0 Å². The molecule has 3 aliphatic carbocycles. The number of phenols is 1. The van der Waals surface area contributed by atoms with Gasteiger partial charge in [0.2, 0.25) is 5.78 Å². The number of carbonyl (C=O) groups excluding carboxylic acids is 3.